The van der Waals surface area contributed by atoms with Gasteiger partial charge in [-0.2, -0.15) is 0 Å². The normalized spacial score (nSPS) is 41.3. The van der Waals surface area contributed by atoms with E-state index >= 15 is 0 Å². The SMILES string of the molecule is CC[C@@H]1O[C@@H](O)[C@H](NC(C)=O)[C@@H](O)[C@@H]1O. The van der Waals surface area contributed by atoms with Gasteiger partial charge < -0.3 is 25.4 Å². The Labute approximate surface area is 87.9 Å². The van der Waals surface area contributed by atoms with Crippen LogP contribution in [0.4, 0.5) is 0 Å². The van der Waals surface area contributed by atoms with Crippen LogP contribution >= 0.6 is 0 Å². The summed E-state index contributed by atoms with van der Waals surface area (Å²) in [4.78, 5) is 10.8. The Morgan fingerprint density at radius 2 is 1.93 bits per heavy atom. The van der Waals surface area contributed by atoms with Crippen LogP contribution in [-0.2, 0) is 9.53 Å². The smallest absolute Gasteiger partial charge is 0.217 e. The third-order valence-corrected chi connectivity index (χ3v) is 2.49. The van der Waals surface area contributed by atoms with Gasteiger partial charge in [0.15, 0.2) is 6.29 Å². The summed E-state index contributed by atoms with van der Waals surface area (Å²) in [6, 6.07) is -0.986. The molecule has 1 heterocycles. The van der Waals surface area contributed by atoms with Crippen molar-refractivity contribution < 1.29 is 24.9 Å². The van der Waals surface area contributed by atoms with Gasteiger partial charge in [-0.25, -0.2) is 0 Å². The first-order valence-corrected chi connectivity index (χ1v) is 4.94. The maximum Gasteiger partial charge on any atom is 0.217 e. The molecule has 6 nitrogen and oxygen atoms in total. The number of amides is 1. The Morgan fingerprint density at radius 1 is 1.33 bits per heavy atom. The van der Waals surface area contributed by atoms with Crippen molar-refractivity contribution in [2.24, 2.45) is 0 Å². The Kier molecular flexibility index (Phi) is 4.04. The molecule has 0 spiro atoms. The fourth-order valence-corrected chi connectivity index (χ4v) is 1.67. The summed E-state index contributed by atoms with van der Waals surface area (Å²) in [6.45, 7) is 3.03. The van der Waals surface area contributed by atoms with E-state index in [1.165, 1.54) is 6.92 Å². The number of hydrogen-bond donors (Lipinski definition) is 4. The first-order valence-electron chi connectivity index (χ1n) is 4.94. The van der Waals surface area contributed by atoms with E-state index < -0.39 is 36.6 Å². The van der Waals surface area contributed by atoms with Gasteiger partial charge in [0.1, 0.15) is 18.2 Å². The van der Waals surface area contributed by atoms with Crippen LogP contribution in [0.5, 0.6) is 0 Å². The zero-order valence-corrected chi connectivity index (χ0v) is 8.75. The average molecular weight is 219 g/mol. The Hall–Kier alpha value is -0.690. The first kappa shape index (κ1) is 12.4. The summed E-state index contributed by atoms with van der Waals surface area (Å²) >= 11 is 0. The number of hydrogen-bond acceptors (Lipinski definition) is 5. The highest BCUT2D eigenvalue weighted by atomic mass is 16.6. The van der Waals surface area contributed by atoms with Gasteiger partial charge in [-0.15, -0.1) is 0 Å². The molecule has 1 amide bonds. The predicted octanol–water partition coefficient (Wildman–Crippen LogP) is -1.66. The molecule has 0 aromatic heterocycles. The van der Waals surface area contributed by atoms with Crippen molar-refractivity contribution in [2.75, 3.05) is 0 Å². The number of rotatable bonds is 2. The van der Waals surface area contributed by atoms with Gasteiger partial charge in [-0.1, -0.05) is 6.92 Å². The Morgan fingerprint density at radius 3 is 2.40 bits per heavy atom. The van der Waals surface area contributed by atoms with Crippen molar-refractivity contribution in [2.45, 2.75) is 50.9 Å². The number of carbonyl (C=O) groups excluding carboxylic acids is 1. The highest BCUT2D eigenvalue weighted by Gasteiger charge is 2.43. The highest BCUT2D eigenvalue weighted by molar-refractivity contribution is 5.73. The number of aliphatic hydroxyl groups excluding tert-OH is 3. The minimum Gasteiger partial charge on any atom is -0.388 e. The highest BCUT2D eigenvalue weighted by Crippen LogP contribution is 2.21. The first-order chi connectivity index (χ1) is 6.97. The van der Waals surface area contributed by atoms with Gasteiger partial charge in [-0.05, 0) is 6.42 Å². The van der Waals surface area contributed by atoms with E-state index in [0.29, 0.717) is 6.42 Å². The second-order valence-electron chi connectivity index (χ2n) is 3.68. The number of ether oxygens (including phenoxy) is 1. The largest absolute Gasteiger partial charge is 0.388 e. The number of aliphatic hydroxyl groups is 3. The molecule has 88 valence electrons. The third kappa shape index (κ3) is 2.66. The van der Waals surface area contributed by atoms with Crippen LogP contribution in [0.2, 0.25) is 0 Å². The minimum absolute atomic E-state index is 0.399. The fourth-order valence-electron chi connectivity index (χ4n) is 1.67. The summed E-state index contributed by atoms with van der Waals surface area (Å²) < 4.78 is 5.06. The number of nitrogens with one attached hydrogen (secondary N) is 1. The molecule has 1 aliphatic rings. The molecule has 5 atom stereocenters. The standard InChI is InChI=1S/C9H17NO5/c1-3-5-7(12)8(13)6(9(14)15-5)10-4(2)11/h5-9,12-14H,3H2,1-2H3,(H,10,11)/t5-,6+,7+,8+,9+/m0/s1. The van der Waals surface area contributed by atoms with E-state index in [1.54, 1.807) is 6.92 Å². The van der Waals surface area contributed by atoms with Crippen molar-refractivity contribution in [1.29, 1.82) is 0 Å². The van der Waals surface area contributed by atoms with Crippen LogP contribution < -0.4 is 5.32 Å². The van der Waals surface area contributed by atoms with Crippen molar-refractivity contribution >= 4 is 5.91 Å². The van der Waals surface area contributed by atoms with E-state index in [1.807, 2.05) is 0 Å². The lowest BCUT2D eigenvalue weighted by Crippen LogP contribution is -2.63. The zero-order valence-electron chi connectivity index (χ0n) is 8.75. The van der Waals surface area contributed by atoms with E-state index in [2.05, 4.69) is 5.32 Å². The maximum atomic E-state index is 10.8. The molecular formula is C9H17NO5. The molecular weight excluding hydrogens is 202 g/mol. The van der Waals surface area contributed by atoms with Gasteiger partial charge in [-0.3, -0.25) is 4.79 Å². The van der Waals surface area contributed by atoms with Crippen molar-refractivity contribution in [1.82, 2.24) is 5.32 Å². The summed E-state index contributed by atoms with van der Waals surface area (Å²) in [5, 5.41) is 31.1. The molecule has 0 aromatic carbocycles. The van der Waals surface area contributed by atoms with Crippen molar-refractivity contribution in [3.05, 3.63) is 0 Å². The molecule has 0 aliphatic carbocycles. The van der Waals surface area contributed by atoms with Gasteiger partial charge in [0, 0.05) is 6.92 Å². The maximum absolute atomic E-state index is 10.8. The van der Waals surface area contributed by atoms with Crippen LogP contribution in [0.1, 0.15) is 20.3 Å². The monoisotopic (exact) mass is 219 g/mol. The summed E-state index contributed by atoms with van der Waals surface area (Å²) in [7, 11) is 0. The Balaban J connectivity index is 2.70. The van der Waals surface area contributed by atoms with Crippen LogP contribution in [0.15, 0.2) is 0 Å². The van der Waals surface area contributed by atoms with Crippen molar-refractivity contribution in [3.63, 3.8) is 0 Å². The van der Waals surface area contributed by atoms with Gasteiger partial charge >= 0.3 is 0 Å². The van der Waals surface area contributed by atoms with Gasteiger partial charge in [0.25, 0.3) is 0 Å². The summed E-state index contributed by atoms with van der Waals surface area (Å²) in [6.07, 6.45) is -3.75. The predicted molar refractivity (Wildman–Crippen MR) is 50.8 cm³/mol. The van der Waals surface area contributed by atoms with Crippen LogP contribution in [0.3, 0.4) is 0 Å². The lowest BCUT2D eigenvalue weighted by molar-refractivity contribution is -0.247. The summed E-state index contributed by atoms with van der Waals surface area (Å²) in [5.41, 5.74) is 0. The average Bonchev–Trinajstić information content (AvgIpc) is 2.18. The van der Waals surface area contributed by atoms with Gasteiger partial charge in [0.2, 0.25) is 5.91 Å². The van der Waals surface area contributed by atoms with E-state index in [-0.39, 0.29) is 0 Å². The van der Waals surface area contributed by atoms with Crippen LogP contribution in [0, 0.1) is 0 Å². The third-order valence-electron chi connectivity index (χ3n) is 2.49. The molecule has 0 unspecified atom stereocenters. The summed E-state index contributed by atoms with van der Waals surface area (Å²) in [5.74, 6) is -0.399. The molecule has 0 bridgehead atoms. The quantitative estimate of drug-likeness (QED) is 0.445. The van der Waals surface area contributed by atoms with E-state index in [9.17, 15) is 20.1 Å². The molecule has 1 rings (SSSR count). The molecule has 4 N–H and O–H groups in total. The molecule has 0 radical (unpaired) electrons. The van der Waals surface area contributed by atoms with Crippen LogP contribution in [-0.4, -0.2) is 51.9 Å². The van der Waals surface area contributed by atoms with Crippen LogP contribution in [0.25, 0.3) is 0 Å². The molecule has 0 aromatic rings. The zero-order chi connectivity index (χ0) is 11.6. The molecule has 15 heavy (non-hydrogen) atoms. The second kappa shape index (κ2) is 4.89. The molecule has 1 saturated heterocycles. The van der Waals surface area contributed by atoms with Gasteiger partial charge in [0.05, 0.1) is 6.10 Å². The van der Waals surface area contributed by atoms with E-state index in [0.717, 1.165) is 0 Å². The Bertz CT molecular complexity index is 235. The lowest BCUT2D eigenvalue weighted by Gasteiger charge is -2.40. The second-order valence-corrected chi connectivity index (χ2v) is 3.68. The topological polar surface area (TPSA) is 99.0 Å². The molecule has 6 heteroatoms. The minimum atomic E-state index is -1.29. The lowest BCUT2D eigenvalue weighted by atomic mass is 9.95. The molecule has 1 fully saturated rings. The fraction of sp³-hybridized carbons (Fsp3) is 0.889. The van der Waals surface area contributed by atoms with Crippen molar-refractivity contribution in [3.8, 4) is 0 Å². The molecule has 1 aliphatic heterocycles. The van der Waals surface area contributed by atoms with E-state index in [4.69, 9.17) is 4.74 Å². The number of carbonyl (C=O) groups is 1. The molecule has 0 saturated carbocycles.